The molecule has 0 amide bonds. The molecule has 0 heterocycles. The van der Waals surface area contributed by atoms with Crippen LogP contribution in [0.25, 0.3) is 0 Å². The van der Waals surface area contributed by atoms with Gasteiger partial charge in [0, 0.05) is 41.7 Å². The fourth-order valence-electron chi connectivity index (χ4n) is 0.113. The summed E-state index contributed by atoms with van der Waals surface area (Å²) in [7, 11) is 7.76. The number of aliphatic hydroxyl groups excluding tert-OH is 1. The second kappa shape index (κ2) is 162. The average molecular weight is 867 g/mol. The zero-order valence-electron chi connectivity index (χ0n) is 37.4. The number of ether oxygens (including phenoxy) is 4. The third-order valence-corrected chi connectivity index (χ3v) is 1.48. The van der Waals surface area contributed by atoms with Crippen molar-refractivity contribution in [1.29, 1.82) is 0 Å². The zero-order chi connectivity index (χ0) is 48.2. The van der Waals surface area contributed by atoms with Gasteiger partial charge in [0.1, 0.15) is 0 Å². The Morgan fingerprint density at radius 2 is 0.796 bits per heavy atom. The van der Waals surface area contributed by atoms with E-state index in [9.17, 15) is 22.8 Å². The molecule has 0 bridgehead atoms. The molecule has 0 aromatic carbocycles. The molecule has 1 radical (unpaired) electrons. The number of alkyl halides is 3. The van der Waals surface area contributed by atoms with E-state index < -0.39 is 26.3 Å². The molecule has 0 unspecified atom stereocenters. The van der Waals surface area contributed by atoms with E-state index >= 15 is 0 Å². The number of methoxy groups -OCH3 is 3. The third kappa shape index (κ3) is 1700. The predicted molar refractivity (Wildman–Crippen MR) is 239 cm³/mol. The van der Waals surface area contributed by atoms with E-state index in [0.29, 0.717) is 19.2 Å². The topological polar surface area (TPSA) is 222 Å². The Bertz CT molecular complexity index is 495. The quantitative estimate of drug-likeness (QED) is 0.0430. The Morgan fingerprint density at radius 3 is 0.796 bits per heavy atom. The summed E-state index contributed by atoms with van der Waals surface area (Å²) in [6, 6.07) is 0. The number of carboxylic acids is 1. The number of thiol groups is 2. The Hall–Kier alpha value is -1.46. The van der Waals surface area contributed by atoms with Crippen LogP contribution in [0.1, 0.15) is 125 Å². The fourth-order valence-corrected chi connectivity index (χ4v) is 0.340. The normalized spacial score (nSPS) is 6.02. The van der Waals surface area contributed by atoms with Gasteiger partial charge in [-0.3, -0.25) is 18.8 Å². The van der Waals surface area contributed by atoms with E-state index in [1.807, 2.05) is 83.1 Å². The van der Waals surface area contributed by atoms with Gasteiger partial charge in [0.15, 0.2) is 5.05 Å². The van der Waals surface area contributed by atoms with Crippen LogP contribution in [0.15, 0.2) is 4.30 Å². The second-order valence-electron chi connectivity index (χ2n) is 5.07. The van der Waals surface area contributed by atoms with Crippen molar-refractivity contribution in [2.75, 3.05) is 41.6 Å². The van der Waals surface area contributed by atoms with Gasteiger partial charge in [-0.25, -0.2) is 0 Å². The Labute approximate surface area is 349 Å². The molecule has 0 rings (SSSR count). The van der Waals surface area contributed by atoms with Crippen molar-refractivity contribution in [3.05, 3.63) is 0 Å². The molecule has 0 saturated carbocycles. The monoisotopic (exact) mass is 867 g/mol. The van der Waals surface area contributed by atoms with E-state index in [0.717, 1.165) is 14.0 Å². The minimum atomic E-state index is -3.03. The SMILES string of the molecule is C.CB(O)O.CB(O)O.CC.CC.CC.CC.CC.CC.CC(=O)O.CC(F)(F)OCS.CF.CO.COC(C)=O.COC(C)=O.COC(C)=S.[B]=NS. The summed E-state index contributed by atoms with van der Waals surface area (Å²) in [6.45, 7) is 32.8. The summed E-state index contributed by atoms with van der Waals surface area (Å²) in [4.78, 5) is 28.2. The number of hydrogen-bond donors (Lipinski definition) is 8. The van der Waals surface area contributed by atoms with Crippen molar-refractivity contribution in [1.82, 2.24) is 0 Å². The van der Waals surface area contributed by atoms with E-state index in [-0.39, 0.29) is 25.3 Å². The van der Waals surface area contributed by atoms with Gasteiger partial charge < -0.3 is 49.3 Å². The molecule has 0 spiro atoms. The zero-order valence-corrected chi connectivity index (χ0v) is 40.0. The summed E-state index contributed by atoms with van der Waals surface area (Å²) < 4.78 is 51.6. The van der Waals surface area contributed by atoms with Crippen molar-refractivity contribution >= 4 is 82.5 Å². The number of hydrogen-bond acceptors (Lipinski definition) is 16. The summed E-state index contributed by atoms with van der Waals surface area (Å²) in [6.07, 6.45) is -3.03. The molecule has 6 N–H and O–H groups in total. The van der Waals surface area contributed by atoms with Crippen LogP contribution in [0.3, 0.4) is 0 Å². The average Bonchev–Trinajstić information content (AvgIpc) is 3.11. The minimum absolute atomic E-state index is 0. The van der Waals surface area contributed by atoms with Gasteiger partial charge in [-0.15, -0.1) is 0 Å². The first kappa shape index (κ1) is 110. The van der Waals surface area contributed by atoms with Crippen molar-refractivity contribution in [2.24, 2.45) is 4.30 Å². The molecular formula is C31H86B3F3NO13S3. The molecule has 0 aromatic rings. The number of rotatable bonds is 2. The van der Waals surface area contributed by atoms with Gasteiger partial charge >= 0.3 is 57.0 Å². The number of carboxylic acid groups (broad SMARTS) is 1. The third-order valence-electron chi connectivity index (χ3n) is 1.18. The number of nitrogens with zero attached hydrogens (tertiary/aromatic N) is 1. The molecule has 54 heavy (non-hydrogen) atoms. The molecule has 0 aromatic heterocycles. The molecule has 0 atom stereocenters. The first-order valence-corrected chi connectivity index (χ1v) is 17.5. The Kier molecular flexibility index (Phi) is 331. The van der Waals surface area contributed by atoms with Gasteiger partial charge in [-0.05, 0) is 25.9 Å². The van der Waals surface area contributed by atoms with Crippen molar-refractivity contribution in [2.45, 2.75) is 145 Å². The van der Waals surface area contributed by atoms with E-state index in [1.54, 1.807) is 14.0 Å². The summed E-state index contributed by atoms with van der Waals surface area (Å²) >= 11 is 11.1. The van der Waals surface area contributed by atoms with Crippen molar-refractivity contribution < 1.29 is 76.8 Å². The van der Waals surface area contributed by atoms with Crippen LogP contribution in [0.4, 0.5) is 13.2 Å². The van der Waals surface area contributed by atoms with Crippen LogP contribution in [0, 0.1) is 0 Å². The van der Waals surface area contributed by atoms with Gasteiger partial charge in [0.25, 0.3) is 5.97 Å². The van der Waals surface area contributed by atoms with Gasteiger partial charge in [-0.1, -0.05) is 90.5 Å². The molecule has 0 aliphatic rings. The maximum absolute atomic E-state index is 11.5. The molecule has 14 nitrogen and oxygen atoms in total. The Balaban J connectivity index is -0.0000000184. The van der Waals surface area contributed by atoms with Gasteiger partial charge in [-0.2, -0.15) is 21.4 Å². The number of carbonyl (C=O) groups is 3. The second-order valence-corrected chi connectivity index (χ2v) is 6.13. The van der Waals surface area contributed by atoms with Crippen LogP contribution >= 0.6 is 37.7 Å². The maximum atomic E-state index is 11.5. The molecule has 0 fully saturated rings. The number of halogens is 3. The van der Waals surface area contributed by atoms with E-state index in [1.165, 1.54) is 41.7 Å². The van der Waals surface area contributed by atoms with Gasteiger partial charge in [0.2, 0.25) is 0 Å². The molecular weight excluding hydrogens is 780 g/mol. The predicted octanol–water partition coefficient (Wildman–Crippen LogP) is 8.28. The molecule has 0 aliphatic heterocycles. The first-order chi connectivity index (χ1) is 24.5. The number of esters is 2. The number of aliphatic hydroxyl groups is 1. The van der Waals surface area contributed by atoms with Crippen molar-refractivity contribution in [3.63, 3.8) is 0 Å². The number of thiocarbonyl (C=S) groups is 1. The van der Waals surface area contributed by atoms with E-state index in [2.05, 4.69) is 68.5 Å². The summed E-state index contributed by atoms with van der Waals surface area (Å²) in [5.41, 5.74) is 0. The molecule has 0 saturated heterocycles. The van der Waals surface area contributed by atoms with Crippen LogP contribution in [0.5, 0.6) is 0 Å². The Morgan fingerprint density at radius 1 is 0.704 bits per heavy atom. The molecule has 23 heteroatoms. The fraction of sp³-hybridized carbons (Fsp3) is 0.871. The molecule has 0 aliphatic carbocycles. The number of aliphatic carboxylic acids is 1. The standard InChI is InChI=1S/C3H6F2OS.2C3H6O2.C3H6OS.C2H4O2.6C2H6.2CH5BO2.CH3F.CH4O.CH4.BHNS/c1-3(4,5)6-2-7;2*1-3(4)5-2;1-3(5)4-2;1-2(3)4;6*1-2;2*1-2(3)4;2*1-2;;1-2-3/h7H,2H2,1H3;3*1-2H3;1H3,(H,3,4);6*1-2H3;2*3-4H,1H3;1H3;2H,1H3;1H4;3H. The van der Waals surface area contributed by atoms with Crippen LogP contribution in [-0.4, -0.2) is 123 Å². The van der Waals surface area contributed by atoms with Crippen LogP contribution < -0.4 is 0 Å². The first-order valence-electron chi connectivity index (χ1n) is 16.0. The van der Waals surface area contributed by atoms with E-state index in [4.69, 9.17) is 35.1 Å². The van der Waals surface area contributed by atoms with Crippen LogP contribution in [0.2, 0.25) is 13.6 Å². The van der Waals surface area contributed by atoms with Crippen LogP contribution in [-0.2, 0) is 33.3 Å². The van der Waals surface area contributed by atoms with Gasteiger partial charge in [0.05, 0.1) is 34.4 Å². The number of carbonyl (C=O) groups excluding carboxylic acids is 2. The molecule has 341 valence electrons. The summed E-state index contributed by atoms with van der Waals surface area (Å²) in [5.74, 6) is -1.57. The summed E-state index contributed by atoms with van der Waals surface area (Å²) in [5, 5.41) is 45.4. The van der Waals surface area contributed by atoms with Crippen molar-refractivity contribution in [3.8, 4) is 0 Å².